The number of carboxylic acids is 2. The molecule has 1 aromatic carbocycles. The van der Waals surface area contributed by atoms with Gasteiger partial charge in [0.1, 0.15) is 0 Å². The number of nitrogens with zero attached hydrogens (tertiary/aromatic N) is 1. The molecule has 6 nitrogen and oxygen atoms in total. The zero-order chi connectivity index (χ0) is 18.7. The van der Waals surface area contributed by atoms with E-state index in [4.69, 9.17) is 4.74 Å². The molecule has 2 rings (SSSR count). The fourth-order valence-electron chi connectivity index (χ4n) is 2.50. The molecule has 0 fully saturated rings. The van der Waals surface area contributed by atoms with Gasteiger partial charge in [-0.05, 0) is 38.5 Å². The lowest BCUT2D eigenvalue weighted by Gasteiger charge is -2.33. The van der Waals surface area contributed by atoms with Crippen molar-refractivity contribution in [3.05, 3.63) is 54.2 Å². The first kappa shape index (κ1) is 18.6. The lowest BCUT2D eigenvalue weighted by molar-refractivity contribution is -0.199. The summed E-state index contributed by atoms with van der Waals surface area (Å²) in [5.41, 5.74) is -1.08. The molecule has 0 saturated heterocycles. The SMILES string of the molecule is CC(C)(C)OC(Cc1ccc(-c2ccccn2)cc1)(C(=O)O)C(=O)O. The van der Waals surface area contributed by atoms with Crippen LogP contribution in [0, 0.1) is 0 Å². The molecule has 6 heteroatoms. The Morgan fingerprint density at radius 1 is 1.00 bits per heavy atom. The van der Waals surface area contributed by atoms with Crippen molar-refractivity contribution in [1.82, 2.24) is 4.98 Å². The summed E-state index contributed by atoms with van der Waals surface area (Å²) in [6.07, 6.45) is 1.40. The third-order valence-electron chi connectivity index (χ3n) is 3.54. The van der Waals surface area contributed by atoms with Crippen molar-refractivity contribution in [3.63, 3.8) is 0 Å². The Hall–Kier alpha value is -2.73. The zero-order valence-corrected chi connectivity index (χ0v) is 14.4. The summed E-state index contributed by atoms with van der Waals surface area (Å²) in [6.45, 7) is 4.87. The summed E-state index contributed by atoms with van der Waals surface area (Å²) in [7, 11) is 0. The summed E-state index contributed by atoms with van der Waals surface area (Å²) in [4.78, 5) is 27.7. The van der Waals surface area contributed by atoms with Gasteiger partial charge in [0.2, 0.25) is 0 Å². The molecule has 1 aromatic heterocycles. The van der Waals surface area contributed by atoms with Crippen LogP contribution >= 0.6 is 0 Å². The second-order valence-corrected chi connectivity index (χ2v) is 6.74. The van der Waals surface area contributed by atoms with Gasteiger partial charge in [-0.25, -0.2) is 9.59 Å². The highest BCUT2D eigenvalue weighted by Gasteiger charge is 2.50. The maximum absolute atomic E-state index is 11.7. The van der Waals surface area contributed by atoms with Crippen LogP contribution in [0.1, 0.15) is 26.3 Å². The minimum atomic E-state index is -2.34. The van der Waals surface area contributed by atoms with E-state index >= 15 is 0 Å². The molecular formula is C19H21NO5. The van der Waals surface area contributed by atoms with E-state index in [-0.39, 0.29) is 6.42 Å². The molecule has 132 valence electrons. The van der Waals surface area contributed by atoms with Crippen LogP contribution in [0.5, 0.6) is 0 Å². The summed E-state index contributed by atoms with van der Waals surface area (Å²) in [5, 5.41) is 19.1. The van der Waals surface area contributed by atoms with E-state index in [1.54, 1.807) is 51.2 Å². The van der Waals surface area contributed by atoms with Crippen LogP contribution in [0.15, 0.2) is 48.7 Å². The van der Waals surface area contributed by atoms with E-state index in [9.17, 15) is 19.8 Å². The first-order chi connectivity index (χ1) is 11.6. The number of pyridine rings is 1. The van der Waals surface area contributed by atoms with Crippen molar-refractivity contribution >= 4 is 11.9 Å². The first-order valence-corrected chi connectivity index (χ1v) is 7.81. The van der Waals surface area contributed by atoms with Crippen LogP contribution in [0.2, 0.25) is 0 Å². The van der Waals surface area contributed by atoms with Gasteiger partial charge < -0.3 is 14.9 Å². The Morgan fingerprint density at radius 2 is 1.60 bits per heavy atom. The van der Waals surface area contributed by atoms with Gasteiger partial charge in [0.25, 0.3) is 5.60 Å². The summed E-state index contributed by atoms with van der Waals surface area (Å²) in [5.74, 6) is -3.05. The zero-order valence-electron chi connectivity index (χ0n) is 14.4. The van der Waals surface area contributed by atoms with Crippen molar-refractivity contribution in [2.45, 2.75) is 38.4 Å². The fourth-order valence-corrected chi connectivity index (χ4v) is 2.50. The quantitative estimate of drug-likeness (QED) is 0.783. The highest BCUT2D eigenvalue weighted by Crippen LogP contribution is 2.27. The molecule has 1 heterocycles. The Bertz CT molecular complexity index is 734. The lowest BCUT2D eigenvalue weighted by Crippen LogP contribution is -2.54. The molecule has 0 unspecified atom stereocenters. The van der Waals surface area contributed by atoms with Gasteiger partial charge in [0.05, 0.1) is 11.3 Å². The maximum Gasteiger partial charge on any atom is 0.348 e. The largest absolute Gasteiger partial charge is 0.479 e. The standard InChI is InChI=1S/C19H21NO5/c1-18(2,3)25-19(16(21)22,17(23)24)12-13-7-9-14(10-8-13)15-6-4-5-11-20-15/h4-11H,12H2,1-3H3,(H,21,22)(H,23,24). The summed E-state index contributed by atoms with van der Waals surface area (Å²) < 4.78 is 5.46. The Morgan fingerprint density at radius 3 is 2.04 bits per heavy atom. The predicted octanol–water partition coefficient (Wildman–Crippen LogP) is 3.01. The fraction of sp³-hybridized carbons (Fsp3) is 0.316. The van der Waals surface area contributed by atoms with E-state index in [2.05, 4.69) is 4.98 Å². The molecule has 0 bridgehead atoms. The van der Waals surface area contributed by atoms with E-state index in [1.165, 1.54) is 0 Å². The molecule has 0 aliphatic carbocycles. The highest BCUT2D eigenvalue weighted by molar-refractivity contribution is 6.02. The lowest BCUT2D eigenvalue weighted by atomic mass is 9.92. The van der Waals surface area contributed by atoms with Crippen LogP contribution in [0.4, 0.5) is 0 Å². The Balaban J connectivity index is 2.33. The van der Waals surface area contributed by atoms with E-state index in [0.717, 1.165) is 11.3 Å². The monoisotopic (exact) mass is 343 g/mol. The number of hydrogen-bond acceptors (Lipinski definition) is 4. The van der Waals surface area contributed by atoms with E-state index in [1.807, 2.05) is 18.2 Å². The van der Waals surface area contributed by atoms with E-state index < -0.39 is 23.1 Å². The molecule has 25 heavy (non-hydrogen) atoms. The molecular weight excluding hydrogens is 322 g/mol. The molecule has 0 amide bonds. The number of ether oxygens (including phenoxy) is 1. The van der Waals surface area contributed by atoms with Crippen LogP contribution in [-0.4, -0.2) is 38.3 Å². The van der Waals surface area contributed by atoms with Crippen molar-refractivity contribution in [2.75, 3.05) is 0 Å². The summed E-state index contributed by atoms with van der Waals surface area (Å²) >= 11 is 0. The van der Waals surface area contributed by atoms with E-state index in [0.29, 0.717) is 5.56 Å². The van der Waals surface area contributed by atoms with Crippen molar-refractivity contribution in [3.8, 4) is 11.3 Å². The molecule has 2 N–H and O–H groups in total. The van der Waals surface area contributed by atoms with Gasteiger partial charge in [0.15, 0.2) is 0 Å². The number of rotatable bonds is 6. The Labute approximate surface area is 146 Å². The third kappa shape index (κ3) is 4.42. The minimum Gasteiger partial charge on any atom is -0.479 e. The van der Waals surface area contributed by atoms with Crippen LogP contribution in [0.25, 0.3) is 11.3 Å². The molecule has 0 aliphatic rings. The van der Waals surface area contributed by atoms with Gasteiger partial charge in [-0.1, -0.05) is 30.3 Å². The van der Waals surface area contributed by atoms with Gasteiger partial charge in [-0.15, -0.1) is 0 Å². The molecule has 0 atom stereocenters. The maximum atomic E-state index is 11.7. The van der Waals surface area contributed by atoms with Gasteiger partial charge in [-0.2, -0.15) is 0 Å². The van der Waals surface area contributed by atoms with Crippen LogP contribution in [0.3, 0.4) is 0 Å². The molecule has 2 aromatic rings. The van der Waals surface area contributed by atoms with Crippen LogP contribution in [-0.2, 0) is 20.7 Å². The number of aromatic nitrogens is 1. The molecule has 0 saturated carbocycles. The van der Waals surface area contributed by atoms with Crippen molar-refractivity contribution in [1.29, 1.82) is 0 Å². The first-order valence-electron chi connectivity index (χ1n) is 7.81. The second-order valence-electron chi connectivity index (χ2n) is 6.74. The number of carboxylic acid groups (broad SMARTS) is 2. The van der Waals surface area contributed by atoms with Gasteiger partial charge in [0, 0.05) is 18.2 Å². The van der Waals surface area contributed by atoms with Crippen LogP contribution < -0.4 is 0 Å². The minimum absolute atomic E-state index is 0.280. The van der Waals surface area contributed by atoms with Crippen molar-refractivity contribution in [2.24, 2.45) is 0 Å². The highest BCUT2D eigenvalue weighted by atomic mass is 16.6. The number of aliphatic carboxylic acids is 2. The average molecular weight is 343 g/mol. The topological polar surface area (TPSA) is 96.7 Å². The third-order valence-corrected chi connectivity index (χ3v) is 3.54. The molecule has 0 spiro atoms. The smallest absolute Gasteiger partial charge is 0.348 e. The average Bonchev–Trinajstić information content (AvgIpc) is 2.54. The predicted molar refractivity (Wildman–Crippen MR) is 92.2 cm³/mol. The summed E-state index contributed by atoms with van der Waals surface area (Å²) in [6, 6.07) is 12.5. The van der Waals surface area contributed by atoms with Gasteiger partial charge in [-0.3, -0.25) is 4.98 Å². The molecule has 0 radical (unpaired) electrons. The number of carbonyl (C=O) groups is 2. The normalized spacial score (nSPS) is 12.0. The number of benzene rings is 1. The second kappa shape index (κ2) is 7.03. The molecule has 0 aliphatic heterocycles. The van der Waals surface area contributed by atoms with Crippen molar-refractivity contribution < 1.29 is 24.5 Å². The Kier molecular flexibility index (Phi) is 5.23. The van der Waals surface area contributed by atoms with Gasteiger partial charge >= 0.3 is 11.9 Å². The number of hydrogen-bond donors (Lipinski definition) is 2.